The van der Waals surface area contributed by atoms with E-state index in [0.717, 1.165) is 43.4 Å². The second-order valence-corrected chi connectivity index (χ2v) is 7.63. The molecule has 156 valence electrons. The summed E-state index contributed by atoms with van der Waals surface area (Å²) in [6.45, 7) is 7.64. The average molecular weight is 405 g/mol. The Balaban J connectivity index is 1.46. The van der Waals surface area contributed by atoms with Crippen LogP contribution in [-0.4, -0.2) is 43.3 Å². The highest BCUT2D eigenvalue weighted by Crippen LogP contribution is 2.30. The lowest BCUT2D eigenvalue weighted by atomic mass is 10.1. The molecule has 0 radical (unpaired) electrons. The fourth-order valence-electron chi connectivity index (χ4n) is 3.89. The van der Waals surface area contributed by atoms with Crippen LogP contribution in [0.2, 0.25) is 0 Å². The molecule has 1 fully saturated rings. The lowest BCUT2D eigenvalue weighted by Crippen LogP contribution is -2.47. The molecule has 30 heavy (non-hydrogen) atoms. The van der Waals surface area contributed by atoms with E-state index in [1.165, 1.54) is 16.8 Å². The fraction of sp³-hybridized carbons (Fsp3) is 0.304. The summed E-state index contributed by atoms with van der Waals surface area (Å²) in [6.07, 6.45) is 1.58. The number of aryl methyl sites for hydroxylation is 2. The number of rotatable bonds is 5. The minimum absolute atomic E-state index is 0.578. The van der Waals surface area contributed by atoms with Gasteiger partial charge in [0.05, 0.1) is 7.11 Å². The highest BCUT2D eigenvalue weighted by Gasteiger charge is 2.21. The molecule has 1 aromatic heterocycles. The van der Waals surface area contributed by atoms with Crippen LogP contribution in [-0.2, 0) is 0 Å². The van der Waals surface area contributed by atoms with Gasteiger partial charge >= 0.3 is 0 Å². The van der Waals surface area contributed by atoms with Gasteiger partial charge in [0.1, 0.15) is 17.8 Å². The summed E-state index contributed by atoms with van der Waals surface area (Å²) in [4.78, 5) is 13.4. The minimum Gasteiger partial charge on any atom is -0.497 e. The van der Waals surface area contributed by atoms with Gasteiger partial charge in [-0.1, -0.05) is 6.07 Å². The number of hydrogen-bond acceptors (Lipinski definition) is 7. The molecular formula is C23H28N6O. The number of piperazine rings is 1. The SMILES string of the molecule is COc1ccc(N2CCN(c3ncnc(Nc4cc(C)cc(C)c4)c3N)CC2)cc1. The molecule has 0 unspecified atom stereocenters. The molecule has 3 N–H and O–H groups in total. The topological polar surface area (TPSA) is 79.5 Å². The molecule has 4 rings (SSSR count). The number of nitrogen functional groups attached to an aromatic ring is 1. The Morgan fingerprint density at radius 2 is 1.53 bits per heavy atom. The number of benzene rings is 2. The van der Waals surface area contributed by atoms with Gasteiger partial charge in [-0.2, -0.15) is 0 Å². The maximum atomic E-state index is 6.46. The highest BCUT2D eigenvalue weighted by atomic mass is 16.5. The number of nitrogens with one attached hydrogen (secondary N) is 1. The zero-order valence-corrected chi connectivity index (χ0v) is 17.7. The van der Waals surface area contributed by atoms with Crippen molar-refractivity contribution in [1.82, 2.24) is 9.97 Å². The summed E-state index contributed by atoms with van der Waals surface area (Å²) in [7, 11) is 1.68. The first-order valence-corrected chi connectivity index (χ1v) is 10.1. The van der Waals surface area contributed by atoms with Crippen molar-refractivity contribution in [3.63, 3.8) is 0 Å². The molecular weight excluding hydrogens is 376 g/mol. The maximum absolute atomic E-state index is 6.46. The van der Waals surface area contributed by atoms with Crippen LogP contribution in [0.3, 0.4) is 0 Å². The Morgan fingerprint density at radius 3 is 2.17 bits per heavy atom. The number of aromatic nitrogens is 2. The molecule has 0 atom stereocenters. The summed E-state index contributed by atoms with van der Waals surface area (Å²) < 4.78 is 5.25. The number of hydrogen-bond donors (Lipinski definition) is 2. The van der Waals surface area contributed by atoms with E-state index in [4.69, 9.17) is 10.5 Å². The first-order valence-electron chi connectivity index (χ1n) is 10.1. The standard InChI is InChI=1S/C23H28N6O/c1-16-12-17(2)14-18(13-16)27-22-21(24)23(26-15-25-22)29-10-8-28(9-11-29)19-4-6-20(30-3)7-5-19/h4-7,12-15H,8-11,24H2,1-3H3,(H,25,26,27). The van der Waals surface area contributed by atoms with Gasteiger partial charge in [0.15, 0.2) is 11.6 Å². The second kappa shape index (κ2) is 8.49. The molecule has 1 aliphatic heterocycles. The van der Waals surface area contributed by atoms with Crippen LogP contribution in [0.4, 0.5) is 28.7 Å². The van der Waals surface area contributed by atoms with E-state index in [0.29, 0.717) is 11.5 Å². The van der Waals surface area contributed by atoms with Crippen LogP contribution < -0.4 is 25.6 Å². The van der Waals surface area contributed by atoms with Gasteiger partial charge in [0.25, 0.3) is 0 Å². The summed E-state index contributed by atoms with van der Waals surface area (Å²) >= 11 is 0. The summed E-state index contributed by atoms with van der Waals surface area (Å²) in [6, 6.07) is 14.5. The number of ether oxygens (including phenoxy) is 1. The highest BCUT2D eigenvalue weighted by molar-refractivity contribution is 5.78. The van der Waals surface area contributed by atoms with Gasteiger partial charge < -0.3 is 25.6 Å². The van der Waals surface area contributed by atoms with E-state index < -0.39 is 0 Å². The van der Waals surface area contributed by atoms with Crippen molar-refractivity contribution in [3.8, 4) is 5.75 Å². The van der Waals surface area contributed by atoms with Gasteiger partial charge in [-0.15, -0.1) is 0 Å². The summed E-state index contributed by atoms with van der Waals surface area (Å²) in [5, 5.41) is 3.35. The predicted octanol–water partition coefficient (Wildman–Crippen LogP) is 3.75. The molecule has 1 saturated heterocycles. The van der Waals surface area contributed by atoms with Crippen LogP contribution in [0, 0.1) is 13.8 Å². The van der Waals surface area contributed by atoms with Gasteiger partial charge in [0.2, 0.25) is 0 Å². The normalized spacial score (nSPS) is 14.0. The average Bonchev–Trinajstić information content (AvgIpc) is 2.75. The fourth-order valence-corrected chi connectivity index (χ4v) is 3.89. The van der Waals surface area contributed by atoms with E-state index in [1.54, 1.807) is 13.4 Å². The summed E-state index contributed by atoms with van der Waals surface area (Å²) in [5.74, 6) is 2.30. The lowest BCUT2D eigenvalue weighted by Gasteiger charge is -2.37. The largest absolute Gasteiger partial charge is 0.497 e. The molecule has 2 aromatic carbocycles. The van der Waals surface area contributed by atoms with Crippen LogP contribution >= 0.6 is 0 Å². The number of nitrogens with zero attached hydrogens (tertiary/aromatic N) is 4. The van der Waals surface area contributed by atoms with Crippen LogP contribution in [0.25, 0.3) is 0 Å². The molecule has 7 heteroatoms. The Bertz CT molecular complexity index is 992. The van der Waals surface area contributed by atoms with Crippen molar-refractivity contribution in [1.29, 1.82) is 0 Å². The molecule has 0 saturated carbocycles. The lowest BCUT2D eigenvalue weighted by molar-refractivity contribution is 0.415. The third-order valence-corrected chi connectivity index (χ3v) is 5.36. The van der Waals surface area contributed by atoms with Crippen molar-refractivity contribution in [2.75, 3.05) is 54.1 Å². The Hall–Kier alpha value is -3.48. The monoisotopic (exact) mass is 404 g/mol. The second-order valence-electron chi connectivity index (χ2n) is 7.63. The molecule has 2 heterocycles. The maximum Gasteiger partial charge on any atom is 0.159 e. The van der Waals surface area contributed by atoms with E-state index in [1.807, 2.05) is 12.1 Å². The smallest absolute Gasteiger partial charge is 0.159 e. The Labute approximate surface area is 177 Å². The molecule has 1 aliphatic rings. The third kappa shape index (κ3) is 4.25. The number of methoxy groups -OCH3 is 1. The van der Waals surface area contributed by atoms with E-state index in [2.05, 4.69) is 69.3 Å². The minimum atomic E-state index is 0.578. The van der Waals surface area contributed by atoms with Crippen LogP contribution in [0.1, 0.15) is 11.1 Å². The van der Waals surface area contributed by atoms with Gasteiger partial charge in [-0.25, -0.2) is 9.97 Å². The Kier molecular flexibility index (Phi) is 5.61. The molecule has 0 aliphatic carbocycles. The molecule has 3 aromatic rings. The van der Waals surface area contributed by atoms with Gasteiger partial charge in [-0.3, -0.25) is 0 Å². The molecule has 0 spiro atoms. The molecule has 0 amide bonds. The molecule has 7 nitrogen and oxygen atoms in total. The van der Waals surface area contributed by atoms with E-state index in [-0.39, 0.29) is 0 Å². The van der Waals surface area contributed by atoms with Gasteiger partial charge in [0, 0.05) is 37.6 Å². The zero-order chi connectivity index (χ0) is 21.1. The Morgan fingerprint density at radius 1 is 0.900 bits per heavy atom. The van der Waals surface area contributed by atoms with E-state index >= 15 is 0 Å². The molecule has 0 bridgehead atoms. The van der Waals surface area contributed by atoms with Gasteiger partial charge in [-0.05, 0) is 61.4 Å². The first-order chi connectivity index (χ1) is 14.5. The number of nitrogens with two attached hydrogens (primary N) is 1. The van der Waals surface area contributed by atoms with Crippen molar-refractivity contribution in [2.24, 2.45) is 0 Å². The quantitative estimate of drug-likeness (QED) is 0.670. The van der Waals surface area contributed by atoms with Crippen molar-refractivity contribution >= 4 is 28.7 Å². The van der Waals surface area contributed by atoms with Crippen LogP contribution in [0.15, 0.2) is 48.8 Å². The third-order valence-electron chi connectivity index (χ3n) is 5.36. The van der Waals surface area contributed by atoms with Crippen molar-refractivity contribution in [3.05, 3.63) is 59.9 Å². The number of anilines is 5. The predicted molar refractivity (Wildman–Crippen MR) is 123 cm³/mol. The van der Waals surface area contributed by atoms with E-state index in [9.17, 15) is 0 Å². The first kappa shape index (κ1) is 19.8. The van der Waals surface area contributed by atoms with Crippen molar-refractivity contribution in [2.45, 2.75) is 13.8 Å². The summed E-state index contributed by atoms with van der Waals surface area (Å²) in [5.41, 5.74) is 11.6. The van der Waals surface area contributed by atoms with Crippen LogP contribution in [0.5, 0.6) is 5.75 Å². The zero-order valence-electron chi connectivity index (χ0n) is 17.7. The van der Waals surface area contributed by atoms with Crippen molar-refractivity contribution < 1.29 is 4.74 Å².